The predicted octanol–water partition coefficient (Wildman–Crippen LogP) is 1.45. The van der Waals surface area contributed by atoms with E-state index in [1.165, 1.54) is 6.07 Å². The van der Waals surface area contributed by atoms with E-state index in [0.717, 1.165) is 11.3 Å². The summed E-state index contributed by atoms with van der Waals surface area (Å²) in [7, 11) is -1.82. The smallest absolute Gasteiger partial charge is 0.240 e. The fraction of sp³-hybridized carbons (Fsp3) is 0.357. The van der Waals surface area contributed by atoms with E-state index in [1.54, 1.807) is 24.1 Å². The first-order valence-electron chi connectivity index (χ1n) is 6.46. The lowest BCUT2D eigenvalue weighted by Crippen LogP contribution is -2.24. The van der Waals surface area contributed by atoms with Gasteiger partial charge in [-0.3, -0.25) is 4.79 Å². The van der Waals surface area contributed by atoms with Crippen molar-refractivity contribution in [2.45, 2.75) is 24.7 Å². The van der Waals surface area contributed by atoms with Crippen LogP contribution in [0.3, 0.4) is 0 Å². The van der Waals surface area contributed by atoms with Crippen LogP contribution in [0.4, 0.5) is 5.69 Å². The molecule has 1 N–H and O–H groups in total. The Balaban J connectivity index is 2.18. The lowest BCUT2D eigenvalue weighted by molar-refractivity contribution is -0.117. The van der Waals surface area contributed by atoms with Crippen molar-refractivity contribution in [2.75, 3.05) is 18.5 Å². The van der Waals surface area contributed by atoms with Crippen LogP contribution in [0.5, 0.6) is 0 Å². The van der Waals surface area contributed by atoms with Gasteiger partial charge in [0.1, 0.15) is 0 Å². The van der Waals surface area contributed by atoms with E-state index in [-0.39, 0.29) is 17.2 Å². The second kappa shape index (κ2) is 5.76. The molecule has 0 saturated carbocycles. The molecule has 0 spiro atoms. The zero-order chi connectivity index (χ0) is 14.8. The number of hydrogen-bond acceptors (Lipinski definition) is 3. The monoisotopic (exact) mass is 294 g/mol. The Bertz CT molecular complexity index is 650. The molecule has 6 heteroatoms. The molecule has 1 aliphatic heterocycles. The first kappa shape index (κ1) is 14.7. The molecule has 1 amide bonds. The van der Waals surface area contributed by atoms with Gasteiger partial charge < -0.3 is 4.90 Å². The number of rotatable bonds is 5. The normalized spacial score (nSPS) is 15.1. The van der Waals surface area contributed by atoms with Crippen molar-refractivity contribution in [1.82, 2.24) is 4.72 Å². The van der Waals surface area contributed by atoms with Crippen molar-refractivity contribution < 1.29 is 13.2 Å². The molecule has 1 aliphatic rings. The zero-order valence-corrected chi connectivity index (χ0v) is 12.4. The minimum absolute atomic E-state index is 0.0180. The van der Waals surface area contributed by atoms with Gasteiger partial charge in [-0.1, -0.05) is 12.2 Å². The molecular formula is C14H18N2O3S. The quantitative estimate of drug-likeness (QED) is 0.660. The van der Waals surface area contributed by atoms with Crippen LogP contribution < -0.4 is 9.62 Å². The van der Waals surface area contributed by atoms with Crippen LogP contribution in [0.1, 0.15) is 18.9 Å². The van der Waals surface area contributed by atoms with Gasteiger partial charge in [-0.2, -0.15) is 0 Å². The predicted molar refractivity (Wildman–Crippen MR) is 78.2 cm³/mol. The maximum atomic E-state index is 12.1. The Morgan fingerprint density at radius 2 is 2.15 bits per heavy atom. The number of allylic oxidation sites excluding steroid dienone is 1. The van der Waals surface area contributed by atoms with Crippen molar-refractivity contribution in [3.05, 3.63) is 35.9 Å². The highest BCUT2D eigenvalue weighted by atomic mass is 32.2. The molecular weight excluding hydrogens is 276 g/mol. The summed E-state index contributed by atoms with van der Waals surface area (Å²) in [5.74, 6) is -0.0180. The topological polar surface area (TPSA) is 66.5 Å². The number of amides is 1. The van der Waals surface area contributed by atoms with Crippen LogP contribution in [0.2, 0.25) is 0 Å². The van der Waals surface area contributed by atoms with Crippen molar-refractivity contribution in [2.24, 2.45) is 0 Å². The number of benzene rings is 1. The molecule has 0 aliphatic carbocycles. The summed E-state index contributed by atoms with van der Waals surface area (Å²) in [6.45, 7) is 2.26. The lowest BCUT2D eigenvalue weighted by Gasteiger charge is -2.11. The third-order valence-corrected chi connectivity index (χ3v) is 4.74. The molecule has 0 bridgehead atoms. The van der Waals surface area contributed by atoms with Crippen LogP contribution in [-0.4, -0.2) is 27.9 Å². The number of carbonyl (C=O) groups is 1. The molecule has 0 atom stereocenters. The molecule has 0 unspecified atom stereocenters. The Hall–Kier alpha value is -1.66. The standard InChI is InChI=1S/C14H18N2O3S/c1-3-4-5-8-15-20(18,19)12-6-7-13-11(9-12)10-14(17)16(13)2/h3-4,6-7,9,15H,5,8,10H2,1-2H3/b4-3+. The molecule has 108 valence electrons. The average molecular weight is 294 g/mol. The Morgan fingerprint density at radius 3 is 2.85 bits per heavy atom. The molecule has 1 aromatic carbocycles. The van der Waals surface area contributed by atoms with Crippen LogP contribution in [0, 0.1) is 0 Å². The van der Waals surface area contributed by atoms with E-state index in [0.29, 0.717) is 13.0 Å². The molecule has 1 heterocycles. The summed E-state index contributed by atoms with van der Waals surface area (Å²) in [5.41, 5.74) is 1.54. The number of carbonyl (C=O) groups excluding carboxylic acids is 1. The minimum atomic E-state index is -3.51. The molecule has 5 nitrogen and oxygen atoms in total. The van der Waals surface area contributed by atoms with Crippen molar-refractivity contribution >= 4 is 21.6 Å². The highest BCUT2D eigenvalue weighted by molar-refractivity contribution is 7.89. The van der Waals surface area contributed by atoms with Gasteiger partial charge in [0, 0.05) is 19.3 Å². The Kier molecular flexibility index (Phi) is 4.25. The minimum Gasteiger partial charge on any atom is -0.315 e. The number of nitrogens with one attached hydrogen (secondary N) is 1. The number of anilines is 1. The number of likely N-dealkylation sites (N-methyl/N-ethyl adjacent to an activating group) is 1. The third-order valence-electron chi connectivity index (χ3n) is 3.28. The highest BCUT2D eigenvalue weighted by Gasteiger charge is 2.25. The number of nitrogens with zero attached hydrogens (tertiary/aromatic N) is 1. The molecule has 0 radical (unpaired) electrons. The van der Waals surface area contributed by atoms with Gasteiger partial charge in [-0.15, -0.1) is 0 Å². The van der Waals surface area contributed by atoms with Gasteiger partial charge in [0.05, 0.1) is 11.3 Å². The van der Waals surface area contributed by atoms with E-state index in [4.69, 9.17) is 0 Å². The SMILES string of the molecule is C/C=C/CCNS(=O)(=O)c1ccc2c(c1)CC(=O)N2C. The van der Waals surface area contributed by atoms with Crippen LogP contribution in [0.25, 0.3) is 0 Å². The van der Waals surface area contributed by atoms with Gasteiger partial charge in [-0.05, 0) is 37.1 Å². The highest BCUT2D eigenvalue weighted by Crippen LogP contribution is 2.29. The molecule has 20 heavy (non-hydrogen) atoms. The van der Waals surface area contributed by atoms with Crippen LogP contribution >= 0.6 is 0 Å². The first-order valence-corrected chi connectivity index (χ1v) is 7.94. The summed E-state index contributed by atoms with van der Waals surface area (Å²) >= 11 is 0. The van der Waals surface area contributed by atoms with Crippen LogP contribution in [-0.2, 0) is 21.2 Å². The van der Waals surface area contributed by atoms with E-state index in [9.17, 15) is 13.2 Å². The summed E-state index contributed by atoms with van der Waals surface area (Å²) < 4.78 is 26.8. The van der Waals surface area contributed by atoms with Gasteiger partial charge in [0.15, 0.2) is 0 Å². The number of fused-ring (bicyclic) bond motifs is 1. The van der Waals surface area contributed by atoms with E-state index in [1.807, 2.05) is 19.1 Å². The fourth-order valence-electron chi connectivity index (χ4n) is 2.14. The summed E-state index contributed by atoms with van der Waals surface area (Å²) in [6.07, 6.45) is 4.69. The van der Waals surface area contributed by atoms with Gasteiger partial charge in [0.2, 0.25) is 15.9 Å². The van der Waals surface area contributed by atoms with Gasteiger partial charge >= 0.3 is 0 Å². The maximum Gasteiger partial charge on any atom is 0.240 e. The number of hydrogen-bond donors (Lipinski definition) is 1. The van der Waals surface area contributed by atoms with E-state index >= 15 is 0 Å². The summed E-state index contributed by atoms with van der Waals surface area (Å²) in [5, 5.41) is 0. The fourth-order valence-corrected chi connectivity index (χ4v) is 3.24. The Morgan fingerprint density at radius 1 is 1.40 bits per heavy atom. The van der Waals surface area contributed by atoms with E-state index < -0.39 is 10.0 Å². The molecule has 0 fully saturated rings. The average Bonchev–Trinajstić information content (AvgIpc) is 2.70. The summed E-state index contributed by atoms with van der Waals surface area (Å²) in [4.78, 5) is 13.3. The third kappa shape index (κ3) is 2.91. The lowest BCUT2D eigenvalue weighted by atomic mass is 10.2. The second-order valence-electron chi connectivity index (χ2n) is 4.68. The molecule has 1 aromatic rings. The van der Waals surface area contributed by atoms with E-state index in [2.05, 4.69) is 4.72 Å². The van der Waals surface area contributed by atoms with Crippen molar-refractivity contribution in [3.63, 3.8) is 0 Å². The number of sulfonamides is 1. The summed E-state index contributed by atoms with van der Waals surface area (Å²) in [6, 6.07) is 4.79. The largest absolute Gasteiger partial charge is 0.315 e. The molecule has 2 rings (SSSR count). The second-order valence-corrected chi connectivity index (χ2v) is 6.44. The zero-order valence-electron chi connectivity index (χ0n) is 11.6. The maximum absolute atomic E-state index is 12.1. The Labute approximate surface area is 119 Å². The molecule has 0 aromatic heterocycles. The van der Waals surface area contributed by atoms with Gasteiger partial charge in [-0.25, -0.2) is 13.1 Å². The van der Waals surface area contributed by atoms with Crippen LogP contribution in [0.15, 0.2) is 35.2 Å². The van der Waals surface area contributed by atoms with Crippen molar-refractivity contribution in [3.8, 4) is 0 Å². The van der Waals surface area contributed by atoms with Gasteiger partial charge in [0.25, 0.3) is 0 Å². The molecule has 0 saturated heterocycles. The first-order chi connectivity index (χ1) is 9.45. The van der Waals surface area contributed by atoms with Crippen molar-refractivity contribution in [1.29, 1.82) is 0 Å².